The standard InChI is InChI=1S/C20H20OS/c1-16-11-13-17(14-12-16)20(15-7-3-6-10-19(20)21)22-18-8-4-2-5-9-18/h2-5,7-9,11-14H,6,10,15H2,1H3. The molecule has 1 atom stereocenters. The molecule has 1 aliphatic carbocycles. The van der Waals surface area contributed by atoms with Crippen molar-refractivity contribution in [2.24, 2.45) is 0 Å². The number of aryl methyl sites for hydroxylation is 1. The summed E-state index contributed by atoms with van der Waals surface area (Å²) in [6.07, 6.45) is 6.53. The van der Waals surface area contributed by atoms with Crippen molar-refractivity contribution in [3.63, 3.8) is 0 Å². The molecule has 1 aliphatic rings. The topological polar surface area (TPSA) is 17.1 Å². The van der Waals surface area contributed by atoms with Crippen molar-refractivity contribution >= 4 is 17.5 Å². The fourth-order valence-corrected chi connectivity index (χ4v) is 4.19. The number of rotatable bonds is 3. The van der Waals surface area contributed by atoms with Gasteiger partial charge in [-0.05, 0) is 37.5 Å². The Balaban J connectivity index is 2.06. The van der Waals surface area contributed by atoms with E-state index in [0.29, 0.717) is 12.2 Å². The van der Waals surface area contributed by atoms with Crippen LogP contribution in [0.15, 0.2) is 71.6 Å². The summed E-state index contributed by atoms with van der Waals surface area (Å²) >= 11 is 1.69. The molecule has 0 aliphatic heterocycles. The van der Waals surface area contributed by atoms with Gasteiger partial charge in [0.25, 0.3) is 0 Å². The SMILES string of the molecule is Cc1ccc(C2(Sc3ccccc3)CC=CCCC2=O)cc1. The van der Waals surface area contributed by atoms with E-state index >= 15 is 0 Å². The normalized spacial score (nSPS) is 21.6. The van der Waals surface area contributed by atoms with Crippen molar-refractivity contribution in [1.82, 2.24) is 0 Å². The van der Waals surface area contributed by atoms with Gasteiger partial charge in [-0.1, -0.05) is 60.2 Å². The Morgan fingerprint density at radius 1 is 0.955 bits per heavy atom. The quantitative estimate of drug-likeness (QED) is 0.716. The predicted octanol–water partition coefficient (Wildman–Crippen LogP) is 5.29. The highest BCUT2D eigenvalue weighted by Crippen LogP contribution is 2.47. The molecular formula is C20H20OS. The van der Waals surface area contributed by atoms with E-state index in [1.54, 1.807) is 11.8 Å². The highest BCUT2D eigenvalue weighted by Gasteiger charge is 2.40. The lowest BCUT2D eigenvalue weighted by molar-refractivity contribution is -0.121. The molecule has 0 radical (unpaired) electrons. The van der Waals surface area contributed by atoms with E-state index in [1.807, 2.05) is 18.2 Å². The smallest absolute Gasteiger partial charge is 0.154 e. The number of hydrogen-bond donors (Lipinski definition) is 0. The molecule has 0 heterocycles. The lowest BCUT2D eigenvalue weighted by Crippen LogP contribution is -2.31. The minimum atomic E-state index is -0.498. The Kier molecular flexibility index (Phi) is 4.49. The van der Waals surface area contributed by atoms with Gasteiger partial charge in [0.2, 0.25) is 0 Å². The van der Waals surface area contributed by atoms with Crippen LogP contribution in [0.1, 0.15) is 30.4 Å². The molecule has 0 N–H and O–H groups in total. The molecule has 0 saturated carbocycles. The van der Waals surface area contributed by atoms with Gasteiger partial charge in [0.05, 0.1) is 0 Å². The van der Waals surface area contributed by atoms with E-state index in [2.05, 4.69) is 55.5 Å². The number of Topliss-reactive ketones (excluding diaryl/α,β-unsaturated/α-hetero) is 1. The van der Waals surface area contributed by atoms with Crippen LogP contribution >= 0.6 is 11.8 Å². The van der Waals surface area contributed by atoms with Gasteiger partial charge in [-0.2, -0.15) is 0 Å². The van der Waals surface area contributed by atoms with Gasteiger partial charge in [0.1, 0.15) is 4.75 Å². The first-order valence-electron chi connectivity index (χ1n) is 7.70. The van der Waals surface area contributed by atoms with Crippen molar-refractivity contribution in [2.45, 2.75) is 35.8 Å². The van der Waals surface area contributed by atoms with Gasteiger partial charge >= 0.3 is 0 Å². The van der Waals surface area contributed by atoms with E-state index in [4.69, 9.17) is 0 Å². The highest BCUT2D eigenvalue weighted by atomic mass is 32.2. The van der Waals surface area contributed by atoms with Crippen LogP contribution in [0.25, 0.3) is 0 Å². The van der Waals surface area contributed by atoms with E-state index in [0.717, 1.165) is 23.3 Å². The second kappa shape index (κ2) is 6.53. The summed E-state index contributed by atoms with van der Waals surface area (Å²) in [5.74, 6) is 0.329. The number of benzene rings is 2. The zero-order valence-electron chi connectivity index (χ0n) is 12.8. The van der Waals surface area contributed by atoms with E-state index in [9.17, 15) is 4.79 Å². The molecule has 1 nitrogen and oxygen atoms in total. The first kappa shape index (κ1) is 15.1. The van der Waals surface area contributed by atoms with Crippen molar-refractivity contribution in [2.75, 3.05) is 0 Å². The number of ketones is 1. The Hall–Kier alpha value is -1.80. The van der Waals surface area contributed by atoms with Gasteiger partial charge in [-0.3, -0.25) is 4.79 Å². The first-order valence-corrected chi connectivity index (χ1v) is 8.52. The van der Waals surface area contributed by atoms with Crippen molar-refractivity contribution in [3.8, 4) is 0 Å². The number of thioether (sulfide) groups is 1. The van der Waals surface area contributed by atoms with E-state index in [-0.39, 0.29) is 0 Å². The first-order chi connectivity index (χ1) is 10.7. The molecule has 2 aromatic carbocycles. The van der Waals surface area contributed by atoms with Gasteiger partial charge in [0.15, 0.2) is 5.78 Å². The molecule has 112 valence electrons. The third-order valence-corrected chi connectivity index (χ3v) is 5.60. The molecule has 2 heteroatoms. The largest absolute Gasteiger partial charge is 0.298 e. The molecule has 2 aromatic rings. The Morgan fingerprint density at radius 3 is 2.41 bits per heavy atom. The Morgan fingerprint density at radius 2 is 1.68 bits per heavy atom. The fraction of sp³-hybridized carbons (Fsp3) is 0.250. The van der Waals surface area contributed by atoms with Crippen LogP contribution in [-0.2, 0) is 9.54 Å². The molecule has 0 spiro atoms. The molecule has 0 amide bonds. The average molecular weight is 308 g/mol. The molecule has 22 heavy (non-hydrogen) atoms. The lowest BCUT2D eigenvalue weighted by atomic mass is 9.89. The molecule has 0 saturated heterocycles. The van der Waals surface area contributed by atoms with Crippen LogP contribution in [0.2, 0.25) is 0 Å². The Labute approximate surface area is 136 Å². The second-order valence-corrected chi connectivity index (χ2v) is 7.12. The number of allylic oxidation sites excluding steroid dienone is 2. The summed E-state index contributed by atoms with van der Waals surface area (Å²) in [5.41, 5.74) is 2.34. The monoisotopic (exact) mass is 308 g/mol. The minimum Gasteiger partial charge on any atom is -0.298 e. The zero-order chi connectivity index (χ0) is 15.4. The van der Waals surface area contributed by atoms with Crippen molar-refractivity contribution < 1.29 is 4.79 Å². The summed E-state index contributed by atoms with van der Waals surface area (Å²) < 4.78 is -0.498. The fourth-order valence-electron chi connectivity index (χ4n) is 2.85. The predicted molar refractivity (Wildman–Crippen MR) is 93.2 cm³/mol. The van der Waals surface area contributed by atoms with Gasteiger partial charge in [-0.25, -0.2) is 0 Å². The molecule has 0 fully saturated rings. The van der Waals surface area contributed by atoms with Crippen LogP contribution < -0.4 is 0 Å². The minimum absolute atomic E-state index is 0.329. The van der Waals surface area contributed by atoms with E-state index < -0.39 is 4.75 Å². The zero-order valence-corrected chi connectivity index (χ0v) is 13.6. The second-order valence-electron chi connectivity index (χ2n) is 5.75. The number of carbonyl (C=O) groups is 1. The summed E-state index contributed by atoms with van der Waals surface area (Å²) in [5, 5.41) is 0. The van der Waals surface area contributed by atoms with E-state index in [1.165, 1.54) is 5.56 Å². The summed E-state index contributed by atoms with van der Waals surface area (Å²) in [4.78, 5) is 14.1. The summed E-state index contributed by atoms with van der Waals surface area (Å²) in [6, 6.07) is 18.7. The van der Waals surface area contributed by atoms with Crippen LogP contribution in [0, 0.1) is 6.92 Å². The van der Waals surface area contributed by atoms with Crippen molar-refractivity contribution in [1.29, 1.82) is 0 Å². The third kappa shape index (κ3) is 3.02. The van der Waals surface area contributed by atoms with Gasteiger partial charge in [0, 0.05) is 11.3 Å². The molecule has 0 bridgehead atoms. The van der Waals surface area contributed by atoms with Crippen LogP contribution in [0.5, 0.6) is 0 Å². The maximum Gasteiger partial charge on any atom is 0.154 e. The third-order valence-electron chi connectivity index (χ3n) is 4.11. The lowest BCUT2D eigenvalue weighted by Gasteiger charge is -2.31. The van der Waals surface area contributed by atoms with Crippen molar-refractivity contribution in [3.05, 3.63) is 77.9 Å². The van der Waals surface area contributed by atoms with Crippen LogP contribution in [0.3, 0.4) is 0 Å². The molecule has 1 unspecified atom stereocenters. The number of hydrogen-bond acceptors (Lipinski definition) is 2. The summed E-state index contributed by atoms with van der Waals surface area (Å²) in [6.45, 7) is 2.08. The molecular weight excluding hydrogens is 288 g/mol. The molecule has 3 rings (SSSR count). The summed E-state index contributed by atoms with van der Waals surface area (Å²) in [7, 11) is 0. The number of carbonyl (C=O) groups excluding carboxylic acids is 1. The van der Waals surface area contributed by atoms with Gasteiger partial charge < -0.3 is 0 Å². The van der Waals surface area contributed by atoms with Crippen LogP contribution in [0.4, 0.5) is 0 Å². The Bertz CT molecular complexity index is 673. The van der Waals surface area contributed by atoms with Gasteiger partial charge in [-0.15, -0.1) is 11.8 Å². The van der Waals surface area contributed by atoms with Crippen LogP contribution in [-0.4, -0.2) is 5.78 Å². The maximum absolute atomic E-state index is 13.0. The highest BCUT2D eigenvalue weighted by molar-refractivity contribution is 8.01. The average Bonchev–Trinajstić information content (AvgIpc) is 2.72. The molecule has 0 aromatic heterocycles. The maximum atomic E-state index is 13.0.